The van der Waals surface area contributed by atoms with Gasteiger partial charge in [-0.05, 0) is 12.8 Å². The molecule has 1 fully saturated rings. The molecule has 1 saturated heterocycles. The molecule has 0 saturated carbocycles. The van der Waals surface area contributed by atoms with E-state index < -0.39 is 0 Å². The first-order chi connectivity index (χ1) is 8.86. The third kappa shape index (κ3) is 2.83. The lowest BCUT2D eigenvalue weighted by Crippen LogP contribution is -2.37. The number of ether oxygens (including phenoxy) is 2. The van der Waals surface area contributed by atoms with Crippen molar-refractivity contribution in [3.63, 3.8) is 0 Å². The van der Waals surface area contributed by atoms with E-state index in [0.29, 0.717) is 6.47 Å². The minimum Gasteiger partial charge on any atom is -0.466 e. The zero-order valence-electron chi connectivity index (χ0n) is 10.4. The van der Waals surface area contributed by atoms with Crippen molar-refractivity contribution >= 4 is 6.47 Å². The maximum Gasteiger partial charge on any atom is 0.293 e. The number of carbonyl (C=O) groups is 1. The van der Waals surface area contributed by atoms with Gasteiger partial charge in [0.15, 0.2) is 0 Å². The minimum atomic E-state index is -0.0520. The van der Waals surface area contributed by atoms with Crippen molar-refractivity contribution in [2.75, 3.05) is 20.3 Å². The van der Waals surface area contributed by atoms with Gasteiger partial charge in [0, 0.05) is 31.6 Å². The van der Waals surface area contributed by atoms with Crippen LogP contribution in [0.5, 0.6) is 0 Å². The fourth-order valence-electron chi connectivity index (χ4n) is 2.36. The molecule has 1 unspecified atom stereocenters. The van der Waals surface area contributed by atoms with Crippen molar-refractivity contribution in [1.29, 1.82) is 0 Å². The van der Waals surface area contributed by atoms with E-state index in [4.69, 9.17) is 9.47 Å². The van der Waals surface area contributed by atoms with Gasteiger partial charge in [-0.25, -0.2) is 9.97 Å². The second-order valence-corrected chi connectivity index (χ2v) is 4.19. The summed E-state index contributed by atoms with van der Waals surface area (Å²) in [5, 5.41) is 0. The first-order valence-corrected chi connectivity index (χ1v) is 5.95. The lowest BCUT2D eigenvalue weighted by atomic mass is 10.1. The van der Waals surface area contributed by atoms with E-state index in [9.17, 15) is 4.79 Å². The molecule has 2 rings (SSSR count). The lowest BCUT2D eigenvalue weighted by Gasteiger charge is -2.31. The van der Waals surface area contributed by atoms with Crippen molar-refractivity contribution in [2.24, 2.45) is 0 Å². The van der Waals surface area contributed by atoms with Gasteiger partial charge in [0.25, 0.3) is 6.47 Å². The van der Waals surface area contributed by atoms with Crippen LogP contribution in [-0.2, 0) is 14.3 Å². The second-order valence-electron chi connectivity index (χ2n) is 4.19. The monoisotopic (exact) mass is 251 g/mol. The van der Waals surface area contributed by atoms with Crippen molar-refractivity contribution in [2.45, 2.75) is 25.1 Å². The largest absolute Gasteiger partial charge is 0.466 e. The molecular weight excluding hydrogens is 234 g/mol. The highest BCUT2D eigenvalue weighted by Crippen LogP contribution is 2.29. The van der Waals surface area contributed by atoms with E-state index in [1.165, 1.54) is 6.33 Å². The van der Waals surface area contributed by atoms with Gasteiger partial charge in [0.1, 0.15) is 19.2 Å². The fourth-order valence-corrected chi connectivity index (χ4v) is 2.36. The zero-order chi connectivity index (χ0) is 12.8. The Kier molecular flexibility index (Phi) is 4.60. The maximum atomic E-state index is 10.4. The van der Waals surface area contributed by atoms with Gasteiger partial charge in [-0.3, -0.25) is 9.69 Å². The summed E-state index contributed by atoms with van der Waals surface area (Å²) in [6.07, 6.45) is 7.10. The van der Waals surface area contributed by atoms with Gasteiger partial charge in [0.05, 0.1) is 6.04 Å². The number of nitrogens with zero attached hydrogens (tertiary/aromatic N) is 3. The van der Waals surface area contributed by atoms with E-state index >= 15 is 0 Å². The molecule has 1 aliphatic rings. The number of hydrogen-bond donors (Lipinski definition) is 0. The maximum absolute atomic E-state index is 10.4. The van der Waals surface area contributed by atoms with Crippen LogP contribution in [0.3, 0.4) is 0 Å². The standard InChI is InChI=1S/C12H17N3O3/c1-17-12-3-2-4-15(12)11(7-18-9-16)10-5-13-8-14-6-10/h5-6,8-9,11-12H,2-4,7H2,1H3/t11?,12-/m1/s1. The number of hydrogen-bond acceptors (Lipinski definition) is 6. The summed E-state index contributed by atoms with van der Waals surface area (Å²) in [7, 11) is 1.70. The van der Waals surface area contributed by atoms with Crippen LogP contribution in [0.25, 0.3) is 0 Å². The number of methoxy groups -OCH3 is 1. The van der Waals surface area contributed by atoms with E-state index in [2.05, 4.69) is 14.9 Å². The van der Waals surface area contributed by atoms with Gasteiger partial charge < -0.3 is 9.47 Å². The van der Waals surface area contributed by atoms with Crippen LogP contribution in [0.15, 0.2) is 18.7 Å². The summed E-state index contributed by atoms with van der Waals surface area (Å²) < 4.78 is 10.4. The van der Waals surface area contributed by atoms with E-state index in [0.717, 1.165) is 24.9 Å². The van der Waals surface area contributed by atoms with Crippen molar-refractivity contribution in [3.05, 3.63) is 24.3 Å². The molecule has 0 N–H and O–H groups in total. The highest BCUT2D eigenvalue weighted by atomic mass is 16.5. The Bertz CT molecular complexity index is 374. The van der Waals surface area contributed by atoms with Crippen LogP contribution in [-0.4, -0.2) is 47.8 Å². The average molecular weight is 251 g/mol. The molecule has 2 atom stereocenters. The average Bonchev–Trinajstić information content (AvgIpc) is 2.89. The van der Waals surface area contributed by atoms with Gasteiger partial charge in [-0.1, -0.05) is 0 Å². The van der Waals surface area contributed by atoms with E-state index in [-0.39, 0.29) is 18.9 Å². The molecule has 1 aromatic rings. The predicted molar refractivity (Wildman–Crippen MR) is 63.5 cm³/mol. The number of rotatable bonds is 6. The summed E-state index contributed by atoms with van der Waals surface area (Å²) in [6, 6.07) is -0.0520. The molecule has 0 radical (unpaired) electrons. The van der Waals surface area contributed by atoms with Crippen molar-refractivity contribution in [1.82, 2.24) is 14.9 Å². The third-order valence-corrected chi connectivity index (χ3v) is 3.20. The first-order valence-electron chi connectivity index (χ1n) is 5.95. The Morgan fingerprint density at radius 3 is 3.00 bits per heavy atom. The first kappa shape index (κ1) is 12.9. The molecule has 18 heavy (non-hydrogen) atoms. The lowest BCUT2D eigenvalue weighted by molar-refractivity contribution is -0.132. The van der Waals surface area contributed by atoms with Gasteiger partial charge >= 0.3 is 0 Å². The van der Waals surface area contributed by atoms with Crippen molar-refractivity contribution in [3.8, 4) is 0 Å². The molecule has 6 nitrogen and oxygen atoms in total. The summed E-state index contributed by atoms with van der Waals surface area (Å²) in [4.78, 5) is 20.6. The van der Waals surface area contributed by atoms with E-state index in [1.54, 1.807) is 19.5 Å². The minimum absolute atomic E-state index is 0.0520. The Balaban J connectivity index is 2.16. The molecule has 1 aliphatic heterocycles. The molecular formula is C12H17N3O3. The molecule has 2 heterocycles. The van der Waals surface area contributed by atoms with Crippen molar-refractivity contribution < 1.29 is 14.3 Å². The molecule has 0 aromatic carbocycles. The summed E-state index contributed by atoms with van der Waals surface area (Å²) in [5.74, 6) is 0. The van der Waals surface area contributed by atoms with Crippen LogP contribution in [0.1, 0.15) is 24.4 Å². The molecule has 0 spiro atoms. The van der Waals surface area contributed by atoms with Crippen LogP contribution in [0.2, 0.25) is 0 Å². The number of carbonyl (C=O) groups excluding carboxylic acids is 1. The molecule has 98 valence electrons. The van der Waals surface area contributed by atoms with Gasteiger partial charge in [-0.15, -0.1) is 0 Å². The number of likely N-dealkylation sites (tertiary alicyclic amines) is 1. The van der Waals surface area contributed by atoms with Gasteiger partial charge in [-0.2, -0.15) is 0 Å². The second kappa shape index (κ2) is 6.42. The van der Waals surface area contributed by atoms with E-state index in [1.807, 2.05) is 0 Å². The smallest absolute Gasteiger partial charge is 0.293 e. The normalized spacial score (nSPS) is 21.7. The Hall–Kier alpha value is -1.53. The predicted octanol–water partition coefficient (Wildman–Crippen LogP) is 0.759. The Labute approximate surface area is 106 Å². The number of aromatic nitrogens is 2. The zero-order valence-corrected chi connectivity index (χ0v) is 10.4. The Morgan fingerprint density at radius 1 is 1.56 bits per heavy atom. The highest BCUT2D eigenvalue weighted by Gasteiger charge is 2.32. The summed E-state index contributed by atoms with van der Waals surface area (Å²) >= 11 is 0. The van der Waals surface area contributed by atoms with Gasteiger partial charge in [0.2, 0.25) is 0 Å². The molecule has 1 aromatic heterocycles. The van der Waals surface area contributed by atoms with Crippen LogP contribution >= 0.6 is 0 Å². The molecule has 0 bridgehead atoms. The third-order valence-electron chi connectivity index (χ3n) is 3.20. The fraction of sp³-hybridized carbons (Fsp3) is 0.583. The topological polar surface area (TPSA) is 64.6 Å². The van der Waals surface area contributed by atoms with Crippen LogP contribution in [0.4, 0.5) is 0 Å². The van der Waals surface area contributed by atoms with Crippen LogP contribution in [0, 0.1) is 0 Å². The summed E-state index contributed by atoms with van der Waals surface area (Å²) in [6.45, 7) is 1.67. The highest BCUT2D eigenvalue weighted by molar-refractivity contribution is 5.37. The Morgan fingerprint density at radius 2 is 2.33 bits per heavy atom. The molecule has 0 amide bonds. The van der Waals surface area contributed by atoms with Crippen LogP contribution < -0.4 is 0 Å². The SMILES string of the molecule is CO[C@@H]1CCCN1C(COC=O)c1cncnc1. The molecule has 6 heteroatoms. The summed E-state index contributed by atoms with van der Waals surface area (Å²) in [5.41, 5.74) is 0.934. The molecule has 0 aliphatic carbocycles. The quantitative estimate of drug-likeness (QED) is 0.695.